The Kier molecular flexibility index (Phi) is 7.94. The Morgan fingerprint density at radius 1 is 0.941 bits per heavy atom. The number of hydrogen-bond donors (Lipinski definition) is 0. The summed E-state index contributed by atoms with van der Waals surface area (Å²) in [5.74, 6) is -0.219. The summed E-state index contributed by atoms with van der Waals surface area (Å²) in [5, 5.41) is 0. The zero-order valence-corrected chi connectivity index (χ0v) is 10.9. The van der Waals surface area contributed by atoms with Gasteiger partial charge in [0.15, 0.2) is 0 Å². The normalized spacial score (nSPS) is 11.4. The van der Waals surface area contributed by atoms with E-state index in [4.69, 9.17) is 4.74 Å². The van der Waals surface area contributed by atoms with Crippen LogP contribution in [0.1, 0.15) is 25.7 Å². The number of carbonyl (C=O) groups excluding carboxylic acids is 2. The van der Waals surface area contributed by atoms with Gasteiger partial charge in [0.25, 0.3) is 10.1 Å². The minimum atomic E-state index is -3.50. The van der Waals surface area contributed by atoms with Crippen molar-refractivity contribution in [1.29, 1.82) is 0 Å². The first kappa shape index (κ1) is 16.2. The van der Waals surface area contributed by atoms with E-state index in [9.17, 15) is 18.0 Å². The highest BCUT2D eigenvalue weighted by molar-refractivity contribution is 7.85. The molecule has 17 heavy (non-hydrogen) atoms. The first-order chi connectivity index (χ1) is 7.85. The van der Waals surface area contributed by atoms with E-state index < -0.39 is 10.1 Å². The highest BCUT2D eigenvalue weighted by atomic mass is 32.2. The van der Waals surface area contributed by atoms with Crippen LogP contribution in [-0.2, 0) is 28.6 Å². The fourth-order valence-corrected chi connectivity index (χ4v) is 1.44. The van der Waals surface area contributed by atoms with Crippen molar-refractivity contribution in [3.63, 3.8) is 0 Å². The molecular weight excluding hydrogens is 248 g/mol. The molecule has 0 aromatic heterocycles. The zero-order valence-electron chi connectivity index (χ0n) is 10.1. The van der Waals surface area contributed by atoms with E-state index in [1.54, 1.807) is 0 Å². The molecule has 6 nitrogen and oxygen atoms in total. The van der Waals surface area contributed by atoms with Crippen LogP contribution in [0.25, 0.3) is 0 Å². The van der Waals surface area contributed by atoms with E-state index in [1.807, 2.05) is 0 Å². The predicted octanol–water partition coefficient (Wildman–Crippen LogP) is 0.308. The second kappa shape index (κ2) is 8.32. The third-order valence-electron chi connectivity index (χ3n) is 1.95. The van der Waals surface area contributed by atoms with Crippen molar-refractivity contribution in [2.24, 2.45) is 0 Å². The number of hydrogen-bond acceptors (Lipinski definition) is 6. The van der Waals surface area contributed by atoms with Crippen LogP contribution >= 0.6 is 0 Å². The molecule has 0 saturated heterocycles. The quantitative estimate of drug-likeness (QED) is 0.529. The maximum atomic E-state index is 11.2. The summed E-state index contributed by atoms with van der Waals surface area (Å²) in [7, 11) is -2.00. The molecule has 0 radical (unpaired) electrons. The van der Waals surface area contributed by atoms with Gasteiger partial charge in [-0.2, -0.15) is 8.42 Å². The number of ether oxygens (including phenoxy) is 1. The van der Waals surface area contributed by atoms with Crippen LogP contribution in [0.5, 0.6) is 0 Å². The lowest BCUT2D eigenvalue weighted by Crippen LogP contribution is -2.11. The molecule has 0 amide bonds. The van der Waals surface area contributed by atoms with Crippen LogP contribution < -0.4 is 0 Å². The first-order valence-electron chi connectivity index (χ1n) is 5.22. The van der Waals surface area contributed by atoms with E-state index in [2.05, 4.69) is 4.18 Å². The molecule has 0 bridgehead atoms. The molecule has 0 aromatic carbocycles. The molecule has 0 N–H and O–H groups in total. The molecule has 0 unspecified atom stereocenters. The van der Waals surface area contributed by atoms with Crippen LogP contribution in [-0.4, -0.2) is 46.6 Å². The minimum Gasteiger partial charge on any atom is -0.384 e. The van der Waals surface area contributed by atoms with Gasteiger partial charge < -0.3 is 4.74 Å². The van der Waals surface area contributed by atoms with Crippen LogP contribution in [0.3, 0.4) is 0 Å². The fourth-order valence-electron chi connectivity index (χ4n) is 1.05. The zero-order chi connectivity index (χ0) is 13.3. The van der Waals surface area contributed by atoms with E-state index in [1.165, 1.54) is 7.11 Å². The summed E-state index contributed by atoms with van der Waals surface area (Å²) in [5.41, 5.74) is 0. The standard InChI is InChI=1S/C10H18O6S/c1-15-7-5-9(11)3-4-10(12)6-8-16-17(2,13)14/h3-8H2,1-2H3. The third kappa shape index (κ3) is 11.5. The fraction of sp³-hybridized carbons (Fsp3) is 0.800. The van der Waals surface area contributed by atoms with Gasteiger partial charge in [-0.05, 0) is 0 Å². The molecular formula is C10H18O6S. The molecule has 7 heteroatoms. The summed E-state index contributed by atoms with van der Waals surface area (Å²) in [6.45, 7) is 0.189. The maximum absolute atomic E-state index is 11.2. The lowest BCUT2D eigenvalue weighted by molar-refractivity contribution is -0.125. The molecule has 0 aliphatic carbocycles. The van der Waals surface area contributed by atoms with Crippen molar-refractivity contribution in [2.45, 2.75) is 25.7 Å². The number of methoxy groups -OCH3 is 1. The van der Waals surface area contributed by atoms with Gasteiger partial charge in [0.1, 0.15) is 11.6 Å². The Morgan fingerprint density at radius 2 is 1.41 bits per heavy atom. The summed E-state index contributed by atoms with van der Waals surface area (Å²) in [6.07, 6.45) is 1.51. The van der Waals surface area contributed by atoms with Crippen molar-refractivity contribution in [2.75, 3.05) is 26.6 Å². The van der Waals surface area contributed by atoms with Crippen LogP contribution in [0.4, 0.5) is 0 Å². The van der Waals surface area contributed by atoms with Crippen LogP contribution in [0.2, 0.25) is 0 Å². The van der Waals surface area contributed by atoms with Gasteiger partial charge >= 0.3 is 0 Å². The van der Waals surface area contributed by atoms with Crippen molar-refractivity contribution in [1.82, 2.24) is 0 Å². The molecule has 0 aromatic rings. The third-order valence-corrected chi connectivity index (χ3v) is 2.54. The Balaban J connectivity index is 3.63. The summed E-state index contributed by atoms with van der Waals surface area (Å²) in [6, 6.07) is 0. The minimum absolute atomic E-state index is 0.00459. The SMILES string of the molecule is COCCC(=O)CCC(=O)CCOS(C)(=O)=O. The van der Waals surface area contributed by atoms with E-state index >= 15 is 0 Å². The first-order valence-corrected chi connectivity index (χ1v) is 7.03. The topological polar surface area (TPSA) is 86.7 Å². The van der Waals surface area contributed by atoms with Crippen molar-refractivity contribution in [3.8, 4) is 0 Å². The van der Waals surface area contributed by atoms with Crippen molar-refractivity contribution >= 4 is 21.7 Å². The molecule has 0 aliphatic rings. The maximum Gasteiger partial charge on any atom is 0.264 e. The highest BCUT2D eigenvalue weighted by Crippen LogP contribution is 2.00. The number of carbonyl (C=O) groups is 2. The molecule has 0 saturated carbocycles. The Bertz CT molecular complexity index is 346. The lowest BCUT2D eigenvalue weighted by atomic mass is 10.1. The number of Topliss-reactive ketones (excluding diaryl/α,β-unsaturated/α-hetero) is 2. The lowest BCUT2D eigenvalue weighted by Gasteiger charge is -2.01. The summed E-state index contributed by atoms with van der Waals surface area (Å²) < 4.78 is 30.3. The van der Waals surface area contributed by atoms with E-state index in [-0.39, 0.29) is 37.4 Å². The molecule has 0 atom stereocenters. The molecule has 0 spiro atoms. The molecule has 0 heterocycles. The Labute approximate surface area is 101 Å². The second-order valence-corrected chi connectivity index (χ2v) is 5.24. The number of rotatable bonds is 10. The highest BCUT2D eigenvalue weighted by Gasteiger charge is 2.09. The largest absolute Gasteiger partial charge is 0.384 e. The molecule has 0 aliphatic heterocycles. The average molecular weight is 266 g/mol. The van der Waals surface area contributed by atoms with Gasteiger partial charge in [0.05, 0.1) is 19.5 Å². The average Bonchev–Trinajstić information content (AvgIpc) is 2.21. The number of ketones is 2. The van der Waals surface area contributed by atoms with Gasteiger partial charge in [-0.3, -0.25) is 13.8 Å². The van der Waals surface area contributed by atoms with Gasteiger partial charge in [0.2, 0.25) is 0 Å². The van der Waals surface area contributed by atoms with Crippen molar-refractivity contribution < 1.29 is 26.9 Å². The summed E-state index contributed by atoms with van der Waals surface area (Å²) in [4.78, 5) is 22.4. The molecule has 0 fully saturated rings. The van der Waals surface area contributed by atoms with Gasteiger partial charge in [-0.25, -0.2) is 0 Å². The monoisotopic (exact) mass is 266 g/mol. The smallest absolute Gasteiger partial charge is 0.264 e. The van der Waals surface area contributed by atoms with Gasteiger partial charge in [0, 0.05) is 32.8 Å². The van der Waals surface area contributed by atoms with Gasteiger partial charge in [-0.1, -0.05) is 0 Å². The van der Waals surface area contributed by atoms with E-state index in [0.29, 0.717) is 13.0 Å². The van der Waals surface area contributed by atoms with Crippen molar-refractivity contribution in [3.05, 3.63) is 0 Å². The van der Waals surface area contributed by atoms with Crippen LogP contribution in [0.15, 0.2) is 0 Å². The Morgan fingerprint density at radius 3 is 1.82 bits per heavy atom. The van der Waals surface area contributed by atoms with E-state index in [0.717, 1.165) is 6.26 Å². The van der Waals surface area contributed by atoms with Gasteiger partial charge in [-0.15, -0.1) is 0 Å². The molecule has 0 rings (SSSR count). The predicted molar refractivity (Wildman–Crippen MR) is 61.2 cm³/mol. The Hall–Kier alpha value is -0.790. The second-order valence-electron chi connectivity index (χ2n) is 3.60. The molecule has 100 valence electrons. The summed E-state index contributed by atoms with van der Waals surface area (Å²) >= 11 is 0. The van der Waals surface area contributed by atoms with Crippen LogP contribution in [0, 0.1) is 0 Å².